The number of Topliss-reactive ketones (excluding diaryl/α,β-unsaturated/α-hetero) is 1. The number of likely N-dealkylation sites (tertiary alicyclic amines) is 1. The van der Waals surface area contributed by atoms with Crippen LogP contribution in [0, 0.1) is 5.82 Å². The Kier molecular flexibility index (Phi) is 5.86. The fourth-order valence-electron chi connectivity index (χ4n) is 3.66. The first kappa shape index (κ1) is 20.8. The van der Waals surface area contributed by atoms with Crippen LogP contribution >= 0.6 is 11.3 Å². The van der Waals surface area contributed by atoms with Gasteiger partial charge in [-0.25, -0.2) is 4.39 Å². The minimum atomic E-state index is -1.03. The largest absolute Gasteiger partial charge is 0.507 e. The zero-order chi connectivity index (χ0) is 22.0. The van der Waals surface area contributed by atoms with E-state index in [4.69, 9.17) is 4.74 Å². The van der Waals surface area contributed by atoms with Crippen LogP contribution in [0.4, 0.5) is 4.39 Å². The monoisotopic (exact) mass is 437 g/mol. The second kappa shape index (κ2) is 8.73. The summed E-state index contributed by atoms with van der Waals surface area (Å²) in [7, 11) is 0. The van der Waals surface area contributed by atoms with E-state index in [0.29, 0.717) is 17.9 Å². The predicted octanol–water partition coefficient (Wildman–Crippen LogP) is 4.91. The van der Waals surface area contributed by atoms with Crippen LogP contribution in [-0.4, -0.2) is 28.3 Å². The van der Waals surface area contributed by atoms with Crippen molar-refractivity contribution in [1.82, 2.24) is 4.90 Å². The van der Waals surface area contributed by atoms with E-state index < -0.39 is 23.5 Å². The van der Waals surface area contributed by atoms with Crippen molar-refractivity contribution in [3.63, 3.8) is 0 Å². The van der Waals surface area contributed by atoms with Crippen molar-refractivity contribution >= 4 is 28.8 Å². The zero-order valence-electron chi connectivity index (χ0n) is 16.7. The molecule has 31 heavy (non-hydrogen) atoms. The van der Waals surface area contributed by atoms with Gasteiger partial charge in [0.1, 0.15) is 17.3 Å². The summed E-state index contributed by atoms with van der Waals surface area (Å²) < 4.78 is 20.2. The number of carbonyl (C=O) groups excluding carboxylic acids is 2. The molecular weight excluding hydrogens is 417 g/mol. The molecule has 7 heteroatoms. The molecule has 1 amide bonds. The van der Waals surface area contributed by atoms with Crippen molar-refractivity contribution in [2.75, 3.05) is 6.61 Å². The van der Waals surface area contributed by atoms with E-state index in [9.17, 15) is 19.1 Å². The summed E-state index contributed by atoms with van der Waals surface area (Å²) in [6, 6.07) is 15.2. The van der Waals surface area contributed by atoms with Crippen LogP contribution in [0.1, 0.15) is 29.0 Å². The Balaban J connectivity index is 1.84. The van der Waals surface area contributed by atoms with Crippen molar-refractivity contribution < 1.29 is 23.8 Å². The average molecular weight is 437 g/mol. The third-order valence-electron chi connectivity index (χ3n) is 5.08. The topological polar surface area (TPSA) is 66.8 Å². The molecule has 1 saturated heterocycles. The highest BCUT2D eigenvalue weighted by Crippen LogP contribution is 2.41. The van der Waals surface area contributed by atoms with E-state index in [2.05, 4.69) is 0 Å². The van der Waals surface area contributed by atoms with Crippen LogP contribution in [0.3, 0.4) is 0 Å². The van der Waals surface area contributed by atoms with Gasteiger partial charge in [0.2, 0.25) is 0 Å². The summed E-state index contributed by atoms with van der Waals surface area (Å²) >= 11 is 1.44. The van der Waals surface area contributed by atoms with Crippen LogP contribution in [-0.2, 0) is 16.1 Å². The highest BCUT2D eigenvalue weighted by Gasteiger charge is 2.47. The summed E-state index contributed by atoms with van der Waals surface area (Å²) in [6.07, 6.45) is 0. The molecule has 158 valence electrons. The van der Waals surface area contributed by atoms with Gasteiger partial charge in [0.05, 0.1) is 24.8 Å². The van der Waals surface area contributed by atoms with E-state index >= 15 is 0 Å². The number of halogens is 1. The molecule has 1 aliphatic heterocycles. The minimum Gasteiger partial charge on any atom is -0.507 e. The third kappa shape index (κ3) is 3.96. The maximum atomic E-state index is 14.8. The lowest BCUT2D eigenvalue weighted by Gasteiger charge is -2.25. The third-order valence-corrected chi connectivity index (χ3v) is 5.95. The van der Waals surface area contributed by atoms with Gasteiger partial charge < -0.3 is 14.7 Å². The van der Waals surface area contributed by atoms with Gasteiger partial charge >= 0.3 is 0 Å². The molecule has 0 radical (unpaired) electrons. The van der Waals surface area contributed by atoms with Gasteiger partial charge in [0, 0.05) is 16.0 Å². The van der Waals surface area contributed by atoms with Crippen molar-refractivity contribution in [1.29, 1.82) is 0 Å². The number of rotatable bonds is 6. The lowest BCUT2D eigenvalue weighted by molar-refractivity contribution is -0.140. The minimum absolute atomic E-state index is 0.129. The molecule has 1 atom stereocenters. The van der Waals surface area contributed by atoms with E-state index in [1.54, 1.807) is 30.3 Å². The average Bonchev–Trinajstić information content (AvgIpc) is 3.37. The number of thiophene rings is 1. The second-order valence-corrected chi connectivity index (χ2v) is 8.02. The van der Waals surface area contributed by atoms with Gasteiger partial charge in [0.25, 0.3) is 11.7 Å². The lowest BCUT2D eigenvalue weighted by Crippen LogP contribution is -2.29. The molecule has 1 fully saturated rings. The molecule has 1 aromatic heterocycles. The molecule has 0 spiro atoms. The van der Waals surface area contributed by atoms with E-state index in [-0.39, 0.29) is 23.4 Å². The SMILES string of the molecule is CCOc1ccc(/C(O)=C2/C(=O)C(=O)N(Cc3cccs3)C2c2ccccc2F)cc1. The molecule has 2 heterocycles. The maximum Gasteiger partial charge on any atom is 0.295 e. The van der Waals surface area contributed by atoms with Gasteiger partial charge in [-0.05, 0) is 48.7 Å². The molecule has 0 bridgehead atoms. The maximum absolute atomic E-state index is 14.8. The Hall–Kier alpha value is -3.45. The number of hydrogen-bond donors (Lipinski definition) is 1. The number of aliphatic hydroxyl groups excluding tert-OH is 1. The van der Waals surface area contributed by atoms with Gasteiger partial charge in [-0.3, -0.25) is 9.59 Å². The molecule has 1 aliphatic rings. The molecule has 0 saturated carbocycles. The first-order valence-corrected chi connectivity index (χ1v) is 10.7. The quantitative estimate of drug-likeness (QED) is 0.338. The first-order valence-electron chi connectivity index (χ1n) is 9.79. The van der Waals surface area contributed by atoms with Crippen molar-refractivity contribution in [3.8, 4) is 5.75 Å². The zero-order valence-corrected chi connectivity index (χ0v) is 17.6. The number of amides is 1. The number of benzene rings is 2. The molecule has 1 N–H and O–H groups in total. The molecule has 0 aliphatic carbocycles. The Bertz CT molecular complexity index is 1140. The normalized spacial score (nSPS) is 17.9. The highest BCUT2D eigenvalue weighted by atomic mass is 32.1. The molecule has 4 rings (SSSR count). The van der Waals surface area contributed by atoms with Crippen LogP contribution in [0.2, 0.25) is 0 Å². The van der Waals surface area contributed by atoms with Crippen LogP contribution in [0.25, 0.3) is 5.76 Å². The van der Waals surface area contributed by atoms with Crippen molar-refractivity contribution in [3.05, 3.63) is 93.4 Å². The lowest BCUT2D eigenvalue weighted by atomic mass is 9.95. The van der Waals surface area contributed by atoms with Crippen molar-refractivity contribution in [2.45, 2.75) is 19.5 Å². The second-order valence-electron chi connectivity index (χ2n) is 6.99. The Morgan fingerprint density at radius 2 is 1.84 bits per heavy atom. The summed E-state index contributed by atoms with van der Waals surface area (Å²) in [4.78, 5) is 28.0. The number of aliphatic hydroxyl groups is 1. The summed E-state index contributed by atoms with van der Waals surface area (Å²) in [5.41, 5.74) is 0.375. The predicted molar refractivity (Wildman–Crippen MR) is 116 cm³/mol. The number of carbonyl (C=O) groups is 2. The van der Waals surface area contributed by atoms with E-state index in [1.165, 1.54) is 34.4 Å². The number of ketones is 1. The smallest absolute Gasteiger partial charge is 0.295 e. The fraction of sp³-hybridized carbons (Fsp3) is 0.167. The highest BCUT2D eigenvalue weighted by molar-refractivity contribution is 7.09. The summed E-state index contributed by atoms with van der Waals surface area (Å²) in [5, 5.41) is 12.9. The molecule has 1 unspecified atom stereocenters. The molecule has 2 aromatic carbocycles. The standard InChI is InChI=1S/C24H20FNO4S/c1-2-30-16-11-9-15(10-12-16)22(27)20-21(18-7-3-4-8-19(18)25)26(24(29)23(20)28)14-17-6-5-13-31-17/h3-13,21,27H,2,14H2,1H3/b22-20-. The number of nitrogens with zero attached hydrogens (tertiary/aromatic N) is 1. The first-order chi connectivity index (χ1) is 15.0. The van der Waals surface area contributed by atoms with Crippen LogP contribution in [0.5, 0.6) is 5.75 Å². The van der Waals surface area contributed by atoms with Gasteiger partial charge in [-0.15, -0.1) is 11.3 Å². The summed E-state index contributed by atoms with van der Waals surface area (Å²) in [6.45, 7) is 2.49. The Morgan fingerprint density at radius 3 is 2.48 bits per heavy atom. The molecular formula is C24H20FNO4S. The van der Waals surface area contributed by atoms with Gasteiger partial charge in [0.15, 0.2) is 0 Å². The molecule has 5 nitrogen and oxygen atoms in total. The Morgan fingerprint density at radius 1 is 1.10 bits per heavy atom. The van der Waals surface area contributed by atoms with Gasteiger partial charge in [-0.1, -0.05) is 24.3 Å². The fourth-order valence-corrected chi connectivity index (χ4v) is 4.37. The summed E-state index contributed by atoms with van der Waals surface area (Å²) in [5.74, 6) is -1.89. The number of ether oxygens (including phenoxy) is 1. The number of hydrogen-bond acceptors (Lipinski definition) is 5. The van der Waals surface area contributed by atoms with Gasteiger partial charge in [-0.2, -0.15) is 0 Å². The van der Waals surface area contributed by atoms with Crippen LogP contribution in [0.15, 0.2) is 71.6 Å². The molecule has 3 aromatic rings. The van der Waals surface area contributed by atoms with E-state index in [0.717, 1.165) is 4.88 Å². The Labute approximate surface area is 183 Å². The van der Waals surface area contributed by atoms with Crippen LogP contribution < -0.4 is 4.74 Å². The van der Waals surface area contributed by atoms with Crippen molar-refractivity contribution in [2.24, 2.45) is 0 Å². The van der Waals surface area contributed by atoms with E-state index in [1.807, 2.05) is 24.4 Å².